The van der Waals surface area contributed by atoms with Gasteiger partial charge in [-0.05, 0) is 43.9 Å². The third kappa shape index (κ3) is 7.00. The summed E-state index contributed by atoms with van der Waals surface area (Å²) in [6.07, 6.45) is 5.77. The lowest BCUT2D eigenvalue weighted by Gasteiger charge is -2.47. The molecular formula is C38H41Cl2N5O4. The Labute approximate surface area is 297 Å². The van der Waals surface area contributed by atoms with Gasteiger partial charge in [-0.1, -0.05) is 59.6 Å². The lowest BCUT2D eigenvalue weighted by Crippen LogP contribution is -2.56. The van der Waals surface area contributed by atoms with Crippen LogP contribution in [0, 0.1) is 5.41 Å². The number of benzene rings is 2. The first-order chi connectivity index (χ1) is 23.8. The lowest BCUT2D eigenvalue weighted by molar-refractivity contribution is -0.120. The number of nitrogens with one attached hydrogen (secondary N) is 2. The van der Waals surface area contributed by atoms with Crippen LogP contribution in [0.4, 0.5) is 0 Å². The number of hydrogen-bond donors (Lipinski definition) is 3. The lowest BCUT2D eigenvalue weighted by atomic mass is 9.79. The molecule has 0 radical (unpaired) electrons. The van der Waals surface area contributed by atoms with Crippen molar-refractivity contribution in [3.8, 4) is 45.3 Å². The Kier molecular flexibility index (Phi) is 9.81. The summed E-state index contributed by atoms with van der Waals surface area (Å²) in [5, 5.41) is 17.4. The van der Waals surface area contributed by atoms with Gasteiger partial charge in [-0.15, -0.1) is 0 Å². The Balaban J connectivity index is 1.10. The van der Waals surface area contributed by atoms with Gasteiger partial charge in [0, 0.05) is 90.2 Å². The largest absolute Gasteiger partial charge is 0.496 e. The Hall–Kier alpha value is -3.73. The maximum absolute atomic E-state index is 11.7. The van der Waals surface area contributed by atoms with Crippen LogP contribution in [-0.4, -0.2) is 71.9 Å². The number of hydrogen-bond acceptors (Lipinski definition) is 8. The van der Waals surface area contributed by atoms with Gasteiger partial charge in [0.2, 0.25) is 11.8 Å². The van der Waals surface area contributed by atoms with Crippen LogP contribution in [0.5, 0.6) is 11.6 Å². The fraction of sp³-hybridized carbons (Fsp3) is 0.395. The maximum atomic E-state index is 11.7. The summed E-state index contributed by atoms with van der Waals surface area (Å²) in [4.78, 5) is 23.6. The van der Waals surface area contributed by atoms with Crippen LogP contribution >= 0.6 is 23.2 Å². The van der Waals surface area contributed by atoms with E-state index in [4.69, 9.17) is 37.7 Å². The SMILES string of the molecule is COc1cc(-c2nccc(-c3cccc(-c4ccc(CN5CC6(CNC(=O)C6)C5)c(OC)n4)c3Cl)c2Cl)ccc1CNC1CCC(O)CC1. The molecule has 49 heavy (non-hydrogen) atoms. The van der Waals surface area contributed by atoms with Crippen molar-refractivity contribution in [1.29, 1.82) is 0 Å². The molecule has 1 aliphatic carbocycles. The highest BCUT2D eigenvalue weighted by Gasteiger charge is 2.48. The molecule has 1 spiro atoms. The van der Waals surface area contributed by atoms with Gasteiger partial charge in [0.15, 0.2) is 0 Å². The number of carbonyl (C=O) groups is 1. The third-order valence-electron chi connectivity index (χ3n) is 10.1. The van der Waals surface area contributed by atoms with Gasteiger partial charge in [-0.2, -0.15) is 0 Å². The summed E-state index contributed by atoms with van der Waals surface area (Å²) in [5.74, 6) is 1.45. The van der Waals surface area contributed by atoms with Crippen molar-refractivity contribution >= 4 is 29.1 Å². The summed E-state index contributed by atoms with van der Waals surface area (Å²) < 4.78 is 11.5. The molecular weight excluding hydrogens is 661 g/mol. The first-order valence-electron chi connectivity index (χ1n) is 16.8. The number of rotatable bonds is 10. The summed E-state index contributed by atoms with van der Waals surface area (Å²) >= 11 is 14.2. The van der Waals surface area contributed by atoms with Crippen molar-refractivity contribution < 1.29 is 19.4 Å². The number of aliphatic hydroxyl groups excluding tert-OH is 1. The fourth-order valence-electron chi connectivity index (χ4n) is 7.51. The van der Waals surface area contributed by atoms with Gasteiger partial charge >= 0.3 is 0 Å². The van der Waals surface area contributed by atoms with Crippen molar-refractivity contribution in [3.63, 3.8) is 0 Å². The quantitative estimate of drug-likeness (QED) is 0.172. The van der Waals surface area contributed by atoms with E-state index in [9.17, 15) is 9.90 Å². The topological polar surface area (TPSA) is 109 Å². The average Bonchev–Trinajstić information content (AvgIpc) is 3.50. The van der Waals surface area contributed by atoms with Gasteiger partial charge in [-0.25, -0.2) is 4.98 Å². The van der Waals surface area contributed by atoms with Gasteiger partial charge in [-0.3, -0.25) is 14.7 Å². The van der Waals surface area contributed by atoms with E-state index in [1.165, 1.54) is 0 Å². The molecule has 1 amide bonds. The highest BCUT2D eigenvalue weighted by atomic mass is 35.5. The first-order valence-corrected chi connectivity index (χ1v) is 17.6. The maximum Gasteiger partial charge on any atom is 0.220 e. The van der Waals surface area contributed by atoms with E-state index < -0.39 is 0 Å². The minimum Gasteiger partial charge on any atom is -0.496 e. The van der Waals surface area contributed by atoms with E-state index >= 15 is 0 Å². The summed E-state index contributed by atoms with van der Waals surface area (Å²) in [7, 11) is 3.30. The number of ether oxygens (including phenoxy) is 2. The highest BCUT2D eigenvalue weighted by molar-refractivity contribution is 6.39. The van der Waals surface area contributed by atoms with Crippen LogP contribution < -0.4 is 20.1 Å². The second kappa shape index (κ2) is 14.2. The fourth-order valence-corrected chi connectivity index (χ4v) is 8.16. The third-order valence-corrected chi connectivity index (χ3v) is 10.9. The number of aliphatic hydroxyl groups is 1. The predicted molar refractivity (Wildman–Crippen MR) is 192 cm³/mol. The Bertz CT molecular complexity index is 1860. The molecule has 4 heterocycles. The number of methoxy groups -OCH3 is 2. The van der Waals surface area contributed by atoms with Crippen molar-refractivity contribution in [3.05, 3.63) is 82.0 Å². The van der Waals surface area contributed by atoms with E-state index in [0.717, 1.165) is 84.4 Å². The summed E-state index contributed by atoms with van der Waals surface area (Å²) in [5.41, 5.74) is 6.56. The molecule has 1 saturated carbocycles. The molecule has 3 aliphatic rings. The highest BCUT2D eigenvalue weighted by Crippen LogP contribution is 2.43. The van der Waals surface area contributed by atoms with E-state index in [1.807, 2.05) is 54.6 Å². The Morgan fingerprint density at radius 2 is 1.71 bits per heavy atom. The van der Waals surface area contributed by atoms with Crippen molar-refractivity contribution in [2.45, 2.75) is 57.3 Å². The van der Waals surface area contributed by atoms with Crippen LogP contribution in [0.1, 0.15) is 43.2 Å². The van der Waals surface area contributed by atoms with E-state index in [2.05, 4.69) is 20.5 Å². The number of nitrogens with zero attached hydrogens (tertiary/aromatic N) is 3. The molecule has 4 aromatic rings. The normalized spacial score (nSPS) is 20.2. The number of likely N-dealkylation sites (tertiary alicyclic amines) is 1. The molecule has 2 aromatic carbocycles. The molecule has 2 aliphatic heterocycles. The standard InChI is InChI=1S/C38H41Cl2N5O4/c1-48-32-16-23(6-7-24(32)18-42-26-9-11-27(46)12-10-26)36-35(40)29(14-15-41-36)28-4-3-5-30(34(28)39)31-13-8-25(37(44-31)49-2)19-45-21-38(22-45)17-33(47)43-20-38/h3-8,13-16,26-27,42,46H,9-12,17-22H2,1-2H3,(H,43,47). The molecule has 3 fully saturated rings. The summed E-state index contributed by atoms with van der Waals surface area (Å²) in [6.45, 7) is 3.87. The van der Waals surface area contributed by atoms with E-state index in [1.54, 1.807) is 20.4 Å². The minimum atomic E-state index is -0.178. The monoisotopic (exact) mass is 701 g/mol. The van der Waals surface area contributed by atoms with Crippen LogP contribution in [0.15, 0.2) is 60.8 Å². The smallest absolute Gasteiger partial charge is 0.220 e. The zero-order chi connectivity index (χ0) is 34.1. The molecule has 2 aromatic heterocycles. The molecule has 11 heteroatoms. The molecule has 0 unspecified atom stereocenters. The van der Waals surface area contributed by atoms with Crippen LogP contribution in [0.3, 0.4) is 0 Å². The number of amides is 1. The van der Waals surface area contributed by atoms with Crippen LogP contribution in [0.25, 0.3) is 33.6 Å². The molecule has 7 rings (SSSR count). The first kappa shape index (κ1) is 33.8. The number of halogens is 2. The van der Waals surface area contributed by atoms with Gasteiger partial charge in [0.05, 0.1) is 41.8 Å². The number of carbonyl (C=O) groups excluding carboxylic acids is 1. The molecule has 3 N–H and O–H groups in total. The number of pyridine rings is 2. The second-order valence-corrected chi connectivity index (χ2v) is 14.3. The number of aromatic nitrogens is 2. The summed E-state index contributed by atoms with van der Waals surface area (Å²) in [6, 6.07) is 18.1. The van der Waals surface area contributed by atoms with Crippen molar-refractivity contribution in [2.75, 3.05) is 33.9 Å². The zero-order valence-electron chi connectivity index (χ0n) is 27.8. The van der Waals surface area contributed by atoms with Crippen molar-refractivity contribution in [1.82, 2.24) is 25.5 Å². The van der Waals surface area contributed by atoms with E-state index in [-0.39, 0.29) is 17.4 Å². The predicted octanol–water partition coefficient (Wildman–Crippen LogP) is 6.52. The van der Waals surface area contributed by atoms with Crippen molar-refractivity contribution in [2.24, 2.45) is 5.41 Å². The van der Waals surface area contributed by atoms with Gasteiger partial charge < -0.3 is 25.2 Å². The Morgan fingerprint density at radius 1 is 0.959 bits per heavy atom. The molecule has 0 bridgehead atoms. The van der Waals surface area contributed by atoms with Crippen LogP contribution in [0.2, 0.25) is 10.0 Å². The van der Waals surface area contributed by atoms with Gasteiger partial charge in [0.1, 0.15) is 5.75 Å². The van der Waals surface area contributed by atoms with Gasteiger partial charge in [0.25, 0.3) is 0 Å². The minimum absolute atomic E-state index is 0.0630. The molecule has 256 valence electrons. The van der Waals surface area contributed by atoms with Crippen LogP contribution in [-0.2, 0) is 17.9 Å². The molecule has 9 nitrogen and oxygen atoms in total. The van der Waals surface area contributed by atoms with E-state index in [0.29, 0.717) is 52.9 Å². The second-order valence-electron chi connectivity index (χ2n) is 13.6. The molecule has 0 atom stereocenters. The average molecular weight is 703 g/mol. The Morgan fingerprint density at radius 3 is 2.45 bits per heavy atom. The molecule has 2 saturated heterocycles. The zero-order valence-corrected chi connectivity index (χ0v) is 29.3.